The predicted octanol–water partition coefficient (Wildman–Crippen LogP) is 0.832. The number of hydrogen-bond donors (Lipinski definition) is 3. The Morgan fingerprint density at radius 2 is 2.14 bits per heavy atom. The molecule has 0 fully saturated rings. The number of aliphatic hydroxyl groups excluding tert-OH is 2. The summed E-state index contributed by atoms with van der Waals surface area (Å²) in [5.74, 6) is -0.483. The highest BCUT2D eigenvalue weighted by molar-refractivity contribution is 6.31. The highest BCUT2D eigenvalue weighted by atomic mass is 35.5. The van der Waals surface area contributed by atoms with Crippen LogP contribution in [0.4, 0.5) is 4.39 Å². The summed E-state index contributed by atoms with van der Waals surface area (Å²) in [5, 5.41) is 18.4. The van der Waals surface area contributed by atoms with Gasteiger partial charge in [0.15, 0.2) is 0 Å². The van der Waals surface area contributed by atoms with Crippen LogP contribution in [0, 0.1) is 5.82 Å². The van der Waals surface area contributed by atoms with Crippen LogP contribution in [0.3, 0.4) is 0 Å². The standard InChI is InChI=1S/C9H11ClFNO2/c10-7-3-5(11)1-2-6(7)9(14)8(12)4-13/h1-3,8-9,13-14H,4,12H2. The molecule has 5 heteroatoms. The van der Waals surface area contributed by atoms with E-state index in [-0.39, 0.29) is 11.6 Å². The molecule has 0 bridgehead atoms. The van der Waals surface area contributed by atoms with Crippen LogP contribution in [0.15, 0.2) is 18.2 Å². The fourth-order valence-electron chi connectivity index (χ4n) is 1.07. The van der Waals surface area contributed by atoms with E-state index in [1.165, 1.54) is 12.1 Å². The molecule has 0 radical (unpaired) electrons. The molecule has 1 aromatic carbocycles. The van der Waals surface area contributed by atoms with Gasteiger partial charge in [-0.1, -0.05) is 17.7 Å². The maximum atomic E-state index is 12.6. The van der Waals surface area contributed by atoms with Crippen molar-refractivity contribution in [3.63, 3.8) is 0 Å². The van der Waals surface area contributed by atoms with Gasteiger partial charge in [0.25, 0.3) is 0 Å². The molecular weight excluding hydrogens is 209 g/mol. The average Bonchev–Trinajstić information content (AvgIpc) is 2.15. The molecule has 1 rings (SSSR count). The molecule has 2 unspecified atom stereocenters. The van der Waals surface area contributed by atoms with Gasteiger partial charge >= 0.3 is 0 Å². The summed E-state index contributed by atoms with van der Waals surface area (Å²) in [4.78, 5) is 0. The van der Waals surface area contributed by atoms with Gasteiger partial charge in [-0.15, -0.1) is 0 Å². The molecule has 0 aromatic heterocycles. The summed E-state index contributed by atoms with van der Waals surface area (Å²) < 4.78 is 12.6. The van der Waals surface area contributed by atoms with E-state index in [0.717, 1.165) is 6.07 Å². The summed E-state index contributed by atoms with van der Waals surface area (Å²) in [7, 11) is 0. The number of benzene rings is 1. The van der Waals surface area contributed by atoms with E-state index in [4.69, 9.17) is 22.4 Å². The zero-order valence-corrected chi connectivity index (χ0v) is 8.08. The van der Waals surface area contributed by atoms with Gasteiger partial charge in [-0.2, -0.15) is 0 Å². The van der Waals surface area contributed by atoms with Crippen molar-refractivity contribution in [2.75, 3.05) is 6.61 Å². The molecule has 0 aliphatic heterocycles. The maximum Gasteiger partial charge on any atom is 0.124 e. The van der Waals surface area contributed by atoms with E-state index in [0.29, 0.717) is 5.56 Å². The molecule has 14 heavy (non-hydrogen) atoms. The van der Waals surface area contributed by atoms with Crippen LogP contribution in [0.5, 0.6) is 0 Å². The summed E-state index contributed by atoms with van der Waals surface area (Å²) in [6.07, 6.45) is -1.09. The zero-order chi connectivity index (χ0) is 10.7. The SMILES string of the molecule is NC(CO)C(O)c1ccc(F)cc1Cl. The van der Waals surface area contributed by atoms with Crippen LogP contribution >= 0.6 is 11.6 Å². The molecule has 0 saturated carbocycles. The number of aliphatic hydroxyl groups is 2. The second-order valence-electron chi connectivity index (χ2n) is 2.96. The summed E-state index contributed by atoms with van der Waals surface area (Å²) in [5.41, 5.74) is 5.72. The molecule has 3 nitrogen and oxygen atoms in total. The van der Waals surface area contributed by atoms with Crippen molar-refractivity contribution in [2.24, 2.45) is 5.73 Å². The van der Waals surface area contributed by atoms with Crippen LogP contribution in [-0.2, 0) is 0 Å². The fraction of sp³-hybridized carbons (Fsp3) is 0.333. The van der Waals surface area contributed by atoms with Crippen molar-refractivity contribution in [1.29, 1.82) is 0 Å². The van der Waals surface area contributed by atoms with Gasteiger partial charge in [0.1, 0.15) is 5.82 Å². The van der Waals surface area contributed by atoms with Crippen molar-refractivity contribution in [1.82, 2.24) is 0 Å². The lowest BCUT2D eigenvalue weighted by Gasteiger charge is -2.17. The second kappa shape index (κ2) is 4.70. The van der Waals surface area contributed by atoms with Gasteiger partial charge in [-0.3, -0.25) is 0 Å². The molecule has 0 aliphatic rings. The Morgan fingerprint density at radius 3 is 2.64 bits per heavy atom. The van der Waals surface area contributed by atoms with Gasteiger partial charge in [-0.25, -0.2) is 4.39 Å². The Hall–Kier alpha value is -0.680. The van der Waals surface area contributed by atoms with Crippen LogP contribution in [0.25, 0.3) is 0 Å². The molecule has 0 heterocycles. The van der Waals surface area contributed by atoms with Crippen LogP contribution in [0.1, 0.15) is 11.7 Å². The smallest absolute Gasteiger partial charge is 0.124 e. The van der Waals surface area contributed by atoms with E-state index in [9.17, 15) is 9.50 Å². The first-order valence-corrected chi connectivity index (χ1v) is 4.43. The lowest BCUT2D eigenvalue weighted by Crippen LogP contribution is -2.32. The van der Waals surface area contributed by atoms with Gasteiger partial charge < -0.3 is 15.9 Å². The normalized spacial score (nSPS) is 15.2. The van der Waals surface area contributed by atoms with Gasteiger partial charge in [0.05, 0.1) is 18.8 Å². The number of nitrogens with two attached hydrogens (primary N) is 1. The first-order chi connectivity index (χ1) is 6.56. The third-order valence-corrected chi connectivity index (χ3v) is 2.22. The first kappa shape index (κ1) is 11.4. The number of halogens is 2. The van der Waals surface area contributed by atoms with E-state index in [1.807, 2.05) is 0 Å². The Balaban J connectivity index is 2.95. The van der Waals surface area contributed by atoms with E-state index < -0.39 is 18.0 Å². The number of hydrogen-bond acceptors (Lipinski definition) is 3. The lowest BCUT2D eigenvalue weighted by molar-refractivity contribution is 0.109. The first-order valence-electron chi connectivity index (χ1n) is 4.05. The van der Waals surface area contributed by atoms with Crippen molar-refractivity contribution >= 4 is 11.6 Å². The zero-order valence-electron chi connectivity index (χ0n) is 7.32. The van der Waals surface area contributed by atoms with Crippen LogP contribution in [0.2, 0.25) is 5.02 Å². The van der Waals surface area contributed by atoms with Gasteiger partial charge in [0, 0.05) is 10.6 Å². The quantitative estimate of drug-likeness (QED) is 0.706. The average molecular weight is 220 g/mol. The highest BCUT2D eigenvalue weighted by Gasteiger charge is 2.18. The Labute approximate surface area is 85.9 Å². The highest BCUT2D eigenvalue weighted by Crippen LogP contribution is 2.25. The third kappa shape index (κ3) is 2.42. The summed E-state index contributed by atoms with van der Waals surface area (Å²) in [6.45, 7) is -0.366. The molecular formula is C9H11ClFNO2. The Bertz CT molecular complexity index is 322. The van der Waals surface area contributed by atoms with E-state index in [1.54, 1.807) is 0 Å². The van der Waals surface area contributed by atoms with E-state index >= 15 is 0 Å². The molecule has 4 N–H and O–H groups in total. The minimum atomic E-state index is -1.09. The molecule has 2 atom stereocenters. The van der Waals surface area contributed by atoms with E-state index in [2.05, 4.69) is 0 Å². The molecule has 0 amide bonds. The third-order valence-electron chi connectivity index (χ3n) is 1.90. The van der Waals surface area contributed by atoms with Crippen molar-refractivity contribution in [3.05, 3.63) is 34.6 Å². The van der Waals surface area contributed by atoms with Gasteiger partial charge in [0.2, 0.25) is 0 Å². The molecule has 78 valence electrons. The Kier molecular flexibility index (Phi) is 3.83. The molecule has 0 aliphatic carbocycles. The predicted molar refractivity (Wildman–Crippen MR) is 51.4 cm³/mol. The Morgan fingerprint density at radius 1 is 1.50 bits per heavy atom. The van der Waals surface area contributed by atoms with Crippen LogP contribution < -0.4 is 5.73 Å². The van der Waals surface area contributed by atoms with Gasteiger partial charge in [-0.05, 0) is 12.1 Å². The minimum Gasteiger partial charge on any atom is -0.395 e. The fourth-order valence-corrected chi connectivity index (χ4v) is 1.35. The molecule has 0 saturated heterocycles. The molecule has 1 aromatic rings. The maximum absolute atomic E-state index is 12.6. The summed E-state index contributed by atoms with van der Waals surface area (Å²) >= 11 is 5.69. The van der Waals surface area contributed by atoms with Crippen molar-refractivity contribution < 1.29 is 14.6 Å². The lowest BCUT2D eigenvalue weighted by atomic mass is 10.0. The topological polar surface area (TPSA) is 66.5 Å². The molecule has 0 spiro atoms. The van der Waals surface area contributed by atoms with Crippen molar-refractivity contribution in [3.8, 4) is 0 Å². The van der Waals surface area contributed by atoms with Crippen LogP contribution in [-0.4, -0.2) is 22.9 Å². The second-order valence-corrected chi connectivity index (χ2v) is 3.36. The van der Waals surface area contributed by atoms with Crippen molar-refractivity contribution in [2.45, 2.75) is 12.1 Å². The monoisotopic (exact) mass is 219 g/mol. The largest absolute Gasteiger partial charge is 0.395 e. The summed E-state index contributed by atoms with van der Waals surface area (Å²) in [6, 6.07) is 2.79. The minimum absolute atomic E-state index is 0.0985. The number of rotatable bonds is 3.